The van der Waals surface area contributed by atoms with Crippen LogP contribution in [0.25, 0.3) is 11.0 Å². The van der Waals surface area contributed by atoms with Gasteiger partial charge in [-0.25, -0.2) is 9.97 Å². The number of fused-ring (bicyclic) bond motifs is 1. The molecule has 5 heteroatoms. The maximum atomic E-state index is 6.06. The fourth-order valence-corrected chi connectivity index (χ4v) is 2.33. The number of hydrogen-bond donors (Lipinski definition) is 0. The standard InChI is InChI=1S/C10H11ClIN3/c1-10(2,3)15-5-4-6-7(11)13-9(12)14-8(6)15/h4-5H,1-3H3. The van der Waals surface area contributed by atoms with Crippen LogP contribution < -0.4 is 0 Å². The molecule has 0 radical (unpaired) electrons. The fraction of sp³-hybridized carbons (Fsp3) is 0.400. The van der Waals surface area contributed by atoms with Gasteiger partial charge in [-0.15, -0.1) is 0 Å². The van der Waals surface area contributed by atoms with Crippen LogP contribution in [0.1, 0.15) is 20.8 Å². The summed E-state index contributed by atoms with van der Waals surface area (Å²) in [5, 5.41) is 1.43. The van der Waals surface area contributed by atoms with Crippen LogP contribution >= 0.6 is 34.2 Å². The highest BCUT2D eigenvalue weighted by Crippen LogP contribution is 2.26. The van der Waals surface area contributed by atoms with E-state index in [1.54, 1.807) is 0 Å². The van der Waals surface area contributed by atoms with E-state index in [-0.39, 0.29) is 5.54 Å². The summed E-state index contributed by atoms with van der Waals surface area (Å²) in [6, 6.07) is 1.96. The monoisotopic (exact) mass is 335 g/mol. The summed E-state index contributed by atoms with van der Waals surface area (Å²) in [6.07, 6.45) is 2.00. The van der Waals surface area contributed by atoms with Crippen molar-refractivity contribution < 1.29 is 0 Å². The largest absolute Gasteiger partial charge is 0.327 e. The molecule has 0 saturated carbocycles. The van der Waals surface area contributed by atoms with Gasteiger partial charge in [-0.05, 0) is 26.8 Å². The molecule has 2 aromatic rings. The van der Waals surface area contributed by atoms with E-state index in [2.05, 4.69) is 57.9 Å². The molecule has 0 aliphatic rings. The zero-order chi connectivity index (χ0) is 11.2. The van der Waals surface area contributed by atoms with E-state index in [1.165, 1.54) is 0 Å². The van der Waals surface area contributed by atoms with Gasteiger partial charge < -0.3 is 4.57 Å². The summed E-state index contributed by atoms with van der Waals surface area (Å²) in [6.45, 7) is 6.40. The third-order valence-corrected chi connectivity index (χ3v) is 2.96. The zero-order valence-corrected chi connectivity index (χ0v) is 11.7. The number of nitrogens with zero attached hydrogens (tertiary/aromatic N) is 3. The molecule has 0 aliphatic heterocycles. The molecule has 0 aliphatic carbocycles. The molecule has 2 heterocycles. The molecule has 0 spiro atoms. The quantitative estimate of drug-likeness (QED) is 0.419. The Bertz CT molecular complexity index is 513. The van der Waals surface area contributed by atoms with E-state index in [0.29, 0.717) is 8.98 Å². The summed E-state index contributed by atoms with van der Waals surface area (Å²) >= 11 is 8.13. The lowest BCUT2D eigenvalue weighted by Crippen LogP contribution is -2.21. The Morgan fingerprint density at radius 1 is 1.33 bits per heavy atom. The summed E-state index contributed by atoms with van der Waals surface area (Å²) in [5.74, 6) is 0. The van der Waals surface area contributed by atoms with E-state index in [0.717, 1.165) is 11.0 Å². The third kappa shape index (κ3) is 1.97. The summed E-state index contributed by atoms with van der Waals surface area (Å²) in [5.41, 5.74) is 0.898. The van der Waals surface area contributed by atoms with Gasteiger partial charge in [-0.1, -0.05) is 11.6 Å². The van der Waals surface area contributed by atoms with Crippen LogP contribution in [-0.2, 0) is 5.54 Å². The van der Waals surface area contributed by atoms with E-state index >= 15 is 0 Å². The minimum Gasteiger partial charge on any atom is -0.327 e. The Balaban J connectivity index is 2.80. The van der Waals surface area contributed by atoms with Crippen molar-refractivity contribution in [2.45, 2.75) is 26.3 Å². The van der Waals surface area contributed by atoms with Crippen LogP contribution in [0.5, 0.6) is 0 Å². The van der Waals surface area contributed by atoms with E-state index in [4.69, 9.17) is 11.6 Å². The van der Waals surface area contributed by atoms with Crippen LogP contribution in [0.2, 0.25) is 5.15 Å². The Kier molecular flexibility index (Phi) is 2.66. The van der Waals surface area contributed by atoms with E-state index < -0.39 is 0 Å². The topological polar surface area (TPSA) is 30.7 Å². The fourth-order valence-electron chi connectivity index (χ4n) is 1.49. The second kappa shape index (κ2) is 3.59. The molecule has 15 heavy (non-hydrogen) atoms. The van der Waals surface area contributed by atoms with Crippen molar-refractivity contribution in [2.75, 3.05) is 0 Å². The molecule has 0 atom stereocenters. The Hall–Kier alpha value is -0.360. The van der Waals surface area contributed by atoms with Crippen LogP contribution in [-0.4, -0.2) is 14.5 Å². The van der Waals surface area contributed by atoms with Crippen molar-refractivity contribution in [3.05, 3.63) is 21.2 Å². The zero-order valence-electron chi connectivity index (χ0n) is 8.75. The number of aromatic nitrogens is 3. The van der Waals surface area contributed by atoms with Gasteiger partial charge in [-0.3, -0.25) is 0 Å². The van der Waals surface area contributed by atoms with Gasteiger partial charge in [0.15, 0.2) is 3.83 Å². The number of rotatable bonds is 0. The molecule has 0 amide bonds. The van der Waals surface area contributed by atoms with Crippen molar-refractivity contribution in [1.29, 1.82) is 0 Å². The van der Waals surface area contributed by atoms with Gasteiger partial charge >= 0.3 is 0 Å². The molecular weight excluding hydrogens is 324 g/mol. The van der Waals surface area contributed by atoms with Gasteiger partial charge in [0.05, 0.1) is 5.39 Å². The predicted octanol–water partition coefficient (Wildman–Crippen LogP) is 3.44. The smallest absolute Gasteiger partial charge is 0.194 e. The van der Waals surface area contributed by atoms with Gasteiger partial charge in [-0.2, -0.15) is 0 Å². The molecule has 0 fully saturated rings. The first-order valence-electron chi connectivity index (χ1n) is 4.60. The lowest BCUT2D eigenvalue weighted by Gasteiger charge is -2.21. The van der Waals surface area contributed by atoms with Gasteiger partial charge in [0.1, 0.15) is 10.8 Å². The highest BCUT2D eigenvalue weighted by Gasteiger charge is 2.17. The number of hydrogen-bond acceptors (Lipinski definition) is 2. The van der Waals surface area contributed by atoms with Gasteiger partial charge in [0.2, 0.25) is 0 Å². The van der Waals surface area contributed by atoms with Crippen molar-refractivity contribution >= 4 is 45.2 Å². The van der Waals surface area contributed by atoms with E-state index in [9.17, 15) is 0 Å². The summed E-state index contributed by atoms with van der Waals surface area (Å²) in [4.78, 5) is 8.54. The first kappa shape index (κ1) is 11.1. The van der Waals surface area contributed by atoms with Crippen molar-refractivity contribution in [2.24, 2.45) is 0 Å². The molecule has 0 unspecified atom stereocenters. The Morgan fingerprint density at radius 2 is 2.00 bits per heavy atom. The molecule has 3 nitrogen and oxygen atoms in total. The minimum absolute atomic E-state index is 0.00249. The SMILES string of the molecule is CC(C)(C)n1ccc2c(Cl)nc(I)nc21. The molecule has 2 rings (SSSR count). The van der Waals surface area contributed by atoms with E-state index in [1.807, 2.05) is 12.3 Å². The Morgan fingerprint density at radius 3 is 2.60 bits per heavy atom. The van der Waals surface area contributed by atoms with Gasteiger partial charge in [0, 0.05) is 34.3 Å². The number of halogens is 2. The lowest BCUT2D eigenvalue weighted by molar-refractivity contribution is 0.408. The second-order valence-corrected chi connectivity index (χ2v) is 5.70. The molecular formula is C10H11ClIN3. The van der Waals surface area contributed by atoms with Crippen LogP contribution in [0.3, 0.4) is 0 Å². The first-order valence-corrected chi connectivity index (χ1v) is 6.06. The Labute approximate surface area is 107 Å². The van der Waals surface area contributed by atoms with Crippen molar-refractivity contribution in [3.63, 3.8) is 0 Å². The molecule has 80 valence electrons. The molecule has 0 N–H and O–H groups in total. The van der Waals surface area contributed by atoms with Gasteiger partial charge in [0.25, 0.3) is 0 Å². The second-order valence-electron chi connectivity index (χ2n) is 4.38. The highest BCUT2D eigenvalue weighted by atomic mass is 127. The predicted molar refractivity (Wildman–Crippen MR) is 70.3 cm³/mol. The van der Waals surface area contributed by atoms with Crippen LogP contribution in [0.15, 0.2) is 12.3 Å². The molecule has 0 bridgehead atoms. The summed E-state index contributed by atoms with van der Waals surface area (Å²) < 4.78 is 2.78. The average molecular weight is 336 g/mol. The third-order valence-electron chi connectivity index (χ3n) is 2.19. The highest BCUT2D eigenvalue weighted by molar-refractivity contribution is 14.1. The maximum absolute atomic E-state index is 6.06. The first-order chi connectivity index (χ1) is 6.89. The van der Waals surface area contributed by atoms with Crippen LogP contribution in [0.4, 0.5) is 0 Å². The molecule has 2 aromatic heterocycles. The summed E-state index contributed by atoms with van der Waals surface area (Å²) in [7, 11) is 0. The molecule has 0 saturated heterocycles. The molecule has 0 aromatic carbocycles. The maximum Gasteiger partial charge on any atom is 0.194 e. The minimum atomic E-state index is 0.00249. The van der Waals surface area contributed by atoms with Crippen LogP contribution in [0, 0.1) is 3.83 Å². The lowest BCUT2D eigenvalue weighted by atomic mass is 10.1. The van der Waals surface area contributed by atoms with Crippen molar-refractivity contribution in [1.82, 2.24) is 14.5 Å². The normalized spacial score (nSPS) is 12.3. The average Bonchev–Trinajstić information content (AvgIpc) is 2.45. The van der Waals surface area contributed by atoms with Crippen molar-refractivity contribution in [3.8, 4) is 0 Å².